The van der Waals surface area contributed by atoms with Gasteiger partial charge in [-0.3, -0.25) is 0 Å². The molecule has 0 aromatic carbocycles. The Labute approximate surface area is 227 Å². The number of nitrogens with two attached hydrogens (primary N) is 2. The van der Waals surface area contributed by atoms with Crippen molar-refractivity contribution in [1.29, 1.82) is 0 Å². The molecule has 220 valence electrons. The Morgan fingerprint density at radius 2 is 0.778 bits per heavy atom. The van der Waals surface area contributed by atoms with Crippen molar-refractivity contribution in [2.24, 2.45) is 11.5 Å². The Bertz CT molecular complexity index is 457. The highest BCUT2D eigenvalue weighted by atomic mass is 15.1. The van der Waals surface area contributed by atoms with E-state index in [0.29, 0.717) is 0 Å². The highest BCUT2D eigenvalue weighted by Crippen LogP contribution is 2.13. The molecular weight excluding hydrogens is 446 g/mol. The Hall–Kier alpha value is -0.280. The number of hydrogen-bond acceptors (Lipinski definition) is 7. The zero-order valence-corrected chi connectivity index (χ0v) is 26.2. The minimum absolute atomic E-state index is 0.209. The van der Waals surface area contributed by atoms with Crippen LogP contribution in [0.15, 0.2) is 0 Å². The monoisotopic (exact) mass is 516 g/mol. The highest BCUT2D eigenvalue weighted by molar-refractivity contribution is 4.79. The van der Waals surface area contributed by atoms with E-state index in [1.165, 1.54) is 45.1 Å². The molecule has 0 aromatic heterocycles. The fraction of sp³-hybridized carbons (Fsp3) is 1.00. The van der Waals surface area contributed by atoms with Gasteiger partial charge in [0.05, 0.1) is 0 Å². The molecule has 0 aliphatic heterocycles. The molecule has 0 heterocycles. The predicted octanol–water partition coefficient (Wildman–Crippen LogP) is 3.58. The first-order chi connectivity index (χ1) is 17.0. The van der Waals surface area contributed by atoms with Crippen LogP contribution in [-0.4, -0.2) is 112 Å². The molecule has 0 radical (unpaired) electrons. The molecule has 0 rings (SSSR count). The standard InChI is InChI=1S/C27H63N7.C2H6/c1-26(2,14-8-20-32(5)22-10-16-28)30-18-12-24-33(6)21-9-15-27(3,4)31-19-13-25-34(7)23-11-17-29;1-2/h30-31H,8-25,28-29H2,1-7H3;1-2H3. The van der Waals surface area contributed by atoms with Gasteiger partial charge in [0.2, 0.25) is 0 Å². The minimum atomic E-state index is 0.209. The lowest BCUT2D eigenvalue weighted by Crippen LogP contribution is -2.42. The molecule has 0 aliphatic carbocycles. The average molecular weight is 516 g/mol. The Balaban J connectivity index is 0. The van der Waals surface area contributed by atoms with Gasteiger partial charge in [-0.15, -0.1) is 0 Å². The summed E-state index contributed by atoms with van der Waals surface area (Å²) < 4.78 is 0. The summed E-state index contributed by atoms with van der Waals surface area (Å²) in [6.07, 6.45) is 9.47. The molecule has 0 spiro atoms. The maximum atomic E-state index is 5.60. The lowest BCUT2D eigenvalue weighted by Gasteiger charge is -2.29. The van der Waals surface area contributed by atoms with E-state index in [1.54, 1.807) is 0 Å². The number of nitrogens with zero attached hydrogens (tertiary/aromatic N) is 3. The fourth-order valence-electron chi connectivity index (χ4n) is 4.37. The second-order valence-corrected chi connectivity index (χ2v) is 11.7. The summed E-state index contributed by atoms with van der Waals surface area (Å²) in [7, 11) is 6.66. The van der Waals surface area contributed by atoms with Crippen molar-refractivity contribution < 1.29 is 0 Å². The molecule has 0 bridgehead atoms. The summed E-state index contributed by atoms with van der Waals surface area (Å²) in [5.41, 5.74) is 11.6. The lowest BCUT2D eigenvalue weighted by atomic mass is 9.97. The Kier molecular flexibility index (Phi) is 25.0. The molecule has 0 aliphatic rings. The Morgan fingerprint density at radius 3 is 1.08 bits per heavy atom. The van der Waals surface area contributed by atoms with Gasteiger partial charge < -0.3 is 36.8 Å². The molecular formula is C29H69N7. The van der Waals surface area contributed by atoms with E-state index >= 15 is 0 Å². The summed E-state index contributed by atoms with van der Waals surface area (Å²) >= 11 is 0. The van der Waals surface area contributed by atoms with Gasteiger partial charge in [0.15, 0.2) is 0 Å². The first-order valence-electron chi connectivity index (χ1n) is 15.0. The molecule has 0 saturated carbocycles. The maximum absolute atomic E-state index is 5.60. The van der Waals surface area contributed by atoms with Crippen LogP contribution in [0, 0.1) is 0 Å². The molecule has 0 amide bonds. The van der Waals surface area contributed by atoms with Crippen molar-refractivity contribution in [2.75, 3.05) is 86.6 Å². The third-order valence-electron chi connectivity index (χ3n) is 6.81. The van der Waals surface area contributed by atoms with E-state index in [2.05, 4.69) is 74.2 Å². The molecule has 0 unspecified atom stereocenters. The third kappa shape index (κ3) is 25.4. The van der Waals surface area contributed by atoms with Gasteiger partial charge in [0, 0.05) is 11.1 Å². The normalized spacial score (nSPS) is 12.5. The van der Waals surface area contributed by atoms with E-state index in [1.807, 2.05) is 13.8 Å². The molecule has 0 saturated heterocycles. The van der Waals surface area contributed by atoms with Crippen molar-refractivity contribution in [3.05, 3.63) is 0 Å². The molecule has 0 aromatic rings. The van der Waals surface area contributed by atoms with Crippen LogP contribution in [0.2, 0.25) is 0 Å². The van der Waals surface area contributed by atoms with Crippen molar-refractivity contribution in [1.82, 2.24) is 25.3 Å². The molecule has 0 atom stereocenters. The first-order valence-corrected chi connectivity index (χ1v) is 15.0. The van der Waals surface area contributed by atoms with Gasteiger partial charge in [0.25, 0.3) is 0 Å². The predicted molar refractivity (Wildman–Crippen MR) is 163 cm³/mol. The summed E-state index contributed by atoms with van der Waals surface area (Å²) in [6.45, 7) is 23.9. The fourth-order valence-corrected chi connectivity index (χ4v) is 4.37. The van der Waals surface area contributed by atoms with Gasteiger partial charge in [-0.1, -0.05) is 13.8 Å². The maximum Gasteiger partial charge on any atom is 0.0125 e. The van der Waals surface area contributed by atoms with Crippen molar-refractivity contribution in [2.45, 2.75) is 104 Å². The largest absolute Gasteiger partial charge is 0.330 e. The number of hydrogen-bond donors (Lipinski definition) is 4. The molecule has 7 nitrogen and oxygen atoms in total. The highest BCUT2D eigenvalue weighted by Gasteiger charge is 2.18. The van der Waals surface area contributed by atoms with E-state index in [9.17, 15) is 0 Å². The third-order valence-corrected chi connectivity index (χ3v) is 6.81. The molecule has 36 heavy (non-hydrogen) atoms. The molecule has 6 N–H and O–H groups in total. The van der Waals surface area contributed by atoms with Crippen LogP contribution >= 0.6 is 0 Å². The summed E-state index contributed by atoms with van der Waals surface area (Å²) in [5.74, 6) is 0. The van der Waals surface area contributed by atoms with Gasteiger partial charge in [0.1, 0.15) is 0 Å². The van der Waals surface area contributed by atoms with E-state index in [4.69, 9.17) is 11.5 Å². The average Bonchev–Trinajstić information content (AvgIpc) is 2.83. The van der Waals surface area contributed by atoms with Gasteiger partial charge >= 0.3 is 0 Å². The van der Waals surface area contributed by atoms with E-state index in [0.717, 1.165) is 71.7 Å². The molecule has 0 fully saturated rings. The topological polar surface area (TPSA) is 85.8 Å². The summed E-state index contributed by atoms with van der Waals surface area (Å²) in [6, 6.07) is 0. The van der Waals surface area contributed by atoms with Crippen LogP contribution in [0.1, 0.15) is 92.9 Å². The van der Waals surface area contributed by atoms with Crippen LogP contribution in [-0.2, 0) is 0 Å². The van der Waals surface area contributed by atoms with Crippen molar-refractivity contribution >= 4 is 0 Å². The van der Waals surface area contributed by atoms with E-state index < -0.39 is 0 Å². The molecule has 7 heteroatoms. The summed E-state index contributed by atoms with van der Waals surface area (Å²) in [5, 5.41) is 7.53. The van der Waals surface area contributed by atoms with Gasteiger partial charge in [-0.25, -0.2) is 0 Å². The SMILES string of the molecule is CC.CN(CCCN)CCCNC(C)(C)CCCN(C)CCCNC(C)(C)CCCN(C)CCCN. The van der Waals surface area contributed by atoms with Crippen LogP contribution in [0.25, 0.3) is 0 Å². The second-order valence-electron chi connectivity index (χ2n) is 11.7. The zero-order valence-electron chi connectivity index (χ0n) is 26.2. The van der Waals surface area contributed by atoms with Gasteiger partial charge in [-0.05, 0) is 166 Å². The van der Waals surface area contributed by atoms with Crippen LogP contribution in [0.4, 0.5) is 0 Å². The smallest absolute Gasteiger partial charge is 0.0125 e. The summed E-state index contributed by atoms with van der Waals surface area (Å²) in [4.78, 5) is 7.28. The zero-order chi connectivity index (χ0) is 27.9. The quantitative estimate of drug-likeness (QED) is 0.146. The number of nitrogens with one attached hydrogen (secondary N) is 2. The Morgan fingerprint density at radius 1 is 0.500 bits per heavy atom. The lowest BCUT2D eigenvalue weighted by molar-refractivity contribution is 0.267. The second kappa shape index (κ2) is 23.8. The van der Waals surface area contributed by atoms with Crippen LogP contribution in [0.5, 0.6) is 0 Å². The van der Waals surface area contributed by atoms with Crippen molar-refractivity contribution in [3.8, 4) is 0 Å². The van der Waals surface area contributed by atoms with Crippen molar-refractivity contribution in [3.63, 3.8) is 0 Å². The van der Waals surface area contributed by atoms with Crippen LogP contribution in [0.3, 0.4) is 0 Å². The van der Waals surface area contributed by atoms with E-state index in [-0.39, 0.29) is 11.1 Å². The number of rotatable bonds is 24. The van der Waals surface area contributed by atoms with Gasteiger partial charge in [-0.2, -0.15) is 0 Å². The minimum Gasteiger partial charge on any atom is -0.330 e. The first kappa shape index (κ1) is 37.9. The van der Waals surface area contributed by atoms with Crippen LogP contribution < -0.4 is 22.1 Å².